The van der Waals surface area contributed by atoms with Gasteiger partial charge in [-0.3, -0.25) is 10.1 Å². The summed E-state index contributed by atoms with van der Waals surface area (Å²) in [5.41, 5.74) is 5.95. The minimum absolute atomic E-state index is 0.0684. The highest BCUT2D eigenvalue weighted by Crippen LogP contribution is 2.14. The van der Waals surface area contributed by atoms with Gasteiger partial charge in [-0.05, 0) is 11.5 Å². The molecule has 0 fully saturated rings. The molecule has 1 aromatic carbocycles. The number of sulfonamides is 1. The van der Waals surface area contributed by atoms with Gasteiger partial charge in [0.15, 0.2) is 0 Å². The number of nitro benzene ring substituents is 1. The van der Waals surface area contributed by atoms with Gasteiger partial charge in [0.1, 0.15) is 0 Å². The number of nitro groups is 1. The molecule has 0 amide bonds. The molecule has 0 aliphatic rings. The monoisotopic (exact) mass is 301 g/mol. The Morgan fingerprint density at radius 1 is 1.30 bits per heavy atom. The van der Waals surface area contributed by atoms with Gasteiger partial charge in [-0.2, -0.15) is 0 Å². The molecule has 0 heterocycles. The van der Waals surface area contributed by atoms with Crippen molar-refractivity contribution in [2.75, 3.05) is 6.54 Å². The summed E-state index contributed by atoms with van der Waals surface area (Å²) < 4.78 is 26.5. The zero-order valence-electron chi connectivity index (χ0n) is 11.4. The molecule has 0 aromatic heterocycles. The summed E-state index contributed by atoms with van der Waals surface area (Å²) in [6.45, 7) is 3.98. The van der Waals surface area contributed by atoms with Crippen molar-refractivity contribution in [1.82, 2.24) is 4.72 Å². The molecule has 0 spiro atoms. The van der Waals surface area contributed by atoms with Gasteiger partial charge in [-0.25, -0.2) is 13.1 Å². The van der Waals surface area contributed by atoms with E-state index < -0.39 is 14.9 Å². The van der Waals surface area contributed by atoms with Crippen LogP contribution < -0.4 is 10.5 Å². The predicted molar refractivity (Wildman–Crippen MR) is 76.5 cm³/mol. The van der Waals surface area contributed by atoms with Crippen LogP contribution in [0.3, 0.4) is 0 Å². The van der Waals surface area contributed by atoms with Crippen molar-refractivity contribution in [2.45, 2.75) is 25.6 Å². The maximum atomic E-state index is 12.0. The summed E-state index contributed by atoms with van der Waals surface area (Å²) in [6.07, 6.45) is 0. The summed E-state index contributed by atoms with van der Waals surface area (Å²) in [4.78, 5) is 9.99. The van der Waals surface area contributed by atoms with Crippen LogP contribution in [0.15, 0.2) is 24.3 Å². The Labute approximate surface area is 118 Å². The molecule has 0 bridgehead atoms. The first-order valence-electron chi connectivity index (χ1n) is 6.18. The van der Waals surface area contributed by atoms with Crippen LogP contribution in [0.25, 0.3) is 0 Å². The fourth-order valence-corrected chi connectivity index (χ4v) is 3.21. The van der Waals surface area contributed by atoms with E-state index in [1.54, 1.807) is 0 Å². The second-order valence-corrected chi connectivity index (χ2v) is 6.64. The van der Waals surface area contributed by atoms with Crippen LogP contribution >= 0.6 is 0 Å². The fourth-order valence-electron chi connectivity index (χ4n) is 1.66. The van der Waals surface area contributed by atoms with Crippen LogP contribution in [0, 0.1) is 16.0 Å². The SMILES string of the molecule is CC(C)C(CN)NS(=O)(=O)Cc1ccc([N+](=O)[O-])cc1. The molecule has 0 saturated heterocycles. The Kier molecular flexibility index (Phi) is 5.61. The minimum atomic E-state index is -3.52. The van der Waals surface area contributed by atoms with Crippen molar-refractivity contribution in [3.05, 3.63) is 39.9 Å². The molecule has 112 valence electrons. The highest BCUT2D eigenvalue weighted by Gasteiger charge is 2.20. The average Bonchev–Trinajstić information content (AvgIpc) is 2.35. The number of rotatable bonds is 7. The third-order valence-electron chi connectivity index (χ3n) is 2.89. The molecule has 20 heavy (non-hydrogen) atoms. The first-order chi connectivity index (χ1) is 9.25. The highest BCUT2D eigenvalue weighted by atomic mass is 32.2. The molecule has 1 atom stereocenters. The second-order valence-electron chi connectivity index (χ2n) is 4.89. The third-order valence-corrected chi connectivity index (χ3v) is 4.27. The first kappa shape index (κ1) is 16.5. The van der Waals surface area contributed by atoms with E-state index in [1.165, 1.54) is 24.3 Å². The standard InChI is InChI=1S/C12H19N3O4S/c1-9(2)12(7-13)14-20(18,19)8-10-3-5-11(6-4-10)15(16)17/h3-6,9,12,14H,7-8,13H2,1-2H3. The lowest BCUT2D eigenvalue weighted by Gasteiger charge is -2.20. The second kappa shape index (κ2) is 6.78. The van der Waals surface area contributed by atoms with E-state index >= 15 is 0 Å². The van der Waals surface area contributed by atoms with Gasteiger partial charge in [0.05, 0.1) is 10.7 Å². The van der Waals surface area contributed by atoms with E-state index in [0.29, 0.717) is 5.56 Å². The van der Waals surface area contributed by atoms with E-state index in [1.807, 2.05) is 13.8 Å². The van der Waals surface area contributed by atoms with E-state index in [4.69, 9.17) is 5.73 Å². The van der Waals surface area contributed by atoms with Crippen LogP contribution in [0.4, 0.5) is 5.69 Å². The summed E-state index contributed by atoms with van der Waals surface area (Å²) in [7, 11) is -3.52. The number of hydrogen-bond acceptors (Lipinski definition) is 5. The van der Waals surface area contributed by atoms with Crippen molar-refractivity contribution in [3.8, 4) is 0 Å². The van der Waals surface area contributed by atoms with Crippen LogP contribution in [0.5, 0.6) is 0 Å². The Morgan fingerprint density at radius 3 is 2.25 bits per heavy atom. The first-order valence-corrected chi connectivity index (χ1v) is 7.84. The molecular formula is C12H19N3O4S. The van der Waals surface area contributed by atoms with E-state index in [2.05, 4.69) is 4.72 Å². The maximum absolute atomic E-state index is 12.0. The molecule has 0 aliphatic heterocycles. The summed E-state index contributed by atoms with van der Waals surface area (Å²) >= 11 is 0. The summed E-state index contributed by atoms with van der Waals surface area (Å²) in [6, 6.07) is 5.12. The lowest BCUT2D eigenvalue weighted by atomic mass is 10.1. The van der Waals surface area contributed by atoms with E-state index in [0.717, 1.165) is 0 Å². The molecule has 1 aromatic rings. The normalized spacial score (nSPS) is 13.4. The number of nitrogens with two attached hydrogens (primary N) is 1. The molecule has 0 radical (unpaired) electrons. The molecule has 0 aliphatic carbocycles. The average molecular weight is 301 g/mol. The number of nitrogens with one attached hydrogen (secondary N) is 1. The van der Waals surface area contributed by atoms with Gasteiger partial charge in [0.2, 0.25) is 10.0 Å². The highest BCUT2D eigenvalue weighted by molar-refractivity contribution is 7.88. The quantitative estimate of drug-likeness (QED) is 0.575. The smallest absolute Gasteiger partial charge is 0.269 e. The Bertz CT molecular complexity index is 555. The van der Waals surface area contributed by atoms with E-state index in [-0.39, 0.29) is 29.9 Å². The van der Waals surface area contributed by atoms with Crippen molar-refractivity contribution in [3.63, 3.8) is 0 Å². The van der Waals surface area contributed by atoms with Gasteiger partial charge in [0, 0.05) is 24.7 Å². The Hall–Kier alpha value is -1.51. The lowest BCUT2D eigenvalue weighted by molar-refractivity contribution is -0.384. The molecule has 8 heteroatoms. The van der Waals surface area contributed by atoms with Gasteiger partial charge in [-0.1, -0.05) is 26.0 Å². The van der Waals surface area contributed by atoms with Crippen molar-refractivity contribution < 1.29 is 13.3 Å². The molecule has 1 rings (SSSR count). The molecule has 1 unspecified atom stereocenters. The van der Waals surface area contributed by atoms with Crippen LogP contribution in [-0.2, 0) is 15.8 Å². The van der Waals surface area contributed by atoms with Gasteiger partial charge in [-0.15, -0.1) is 0 Å². The zero-order valence-corrected chi connectivity index (χ0v) is 12.3. The topological polar surface area (TPSA) is 115 Å². The minimum Gasteiger partial charge on any atom is -0.329 e. The molecule has 0 saturated carbocycles. The predicted octanol–water partition coefficient (Wildman–Crippen LogP) is 0.998. The maximum Gasteiger partial charge on any atom is 0.269 e. The van der Waals surface area contributed by atoms with Crippen LogP contribution in [-0.4, -0.2) is 25.9 Å². The van der Waals surface area contributed by atoms with Gasteiger partial charge < -0.3 is 5.73 Å². The fraction of sp³-hybridized carbons (Fsp3) is 0.500. The Morgan fingerprint density at radius 2 is 1.85 bits per heavy atom. The Balaban J connectivity index is 2.78. The van der Waals surface area contributed by atoms with Crippen molar-refractivity contribution in [2.24, 2.45) is 11.7 Å². The number of nitrogens with zero attached hydrogens (tertiary/aromatic N) is 1. The van der Waals surface area contributed by atoms with Crippen molar-refractivity contribution >= 4 is 15.7 Å². The number of hydrogen-bond donors (Lipinski definition) is 2. The molecular weight excluding hydrogens is 282 g/mol. The molecule has 3 N–H and O–H groups in total. The van der Waals surface area contributed by atoms with Gasteiger partial charge in [0.25, 0.3) is 5.69 Å². The van der Waals surface area contributed by atoms with Crippen molar-refractivity contribution in [1.29, 1.82) is 0 Å². The van der Waals surface area contributed by atoms with Crippen LogP contribution in [0.1, 0.15) is 19.4 Å². The summed E-state index contributed by atoms with van der Waals surface area (Å²) in [5, 5.41) is 10.5. The lowest BCUT2D eigenvalue weighted by Crippen LogP contribution is -2.44. The summed E-state index contributed by atoms with van der Waals surface area (Å²) in [5.74, 6) is -0.138. The van der Waals surface area contributed by atoms with E-state index in [9.17, 15) is 18.5 Å². The third kappa shape index (κ3) is 4.87. The zero-order chi connectivity index (χ0) is 15.3. The number of benzene rings is 1. The van der Waals surface area contributed by atoms with Crippen LogP contribution in [0.2, 0.25) is 0 Å². The van der Waals surface area contributed by atoms with Gasteiger partial charge >= 0.3 is 0 Å². The molecule has 7 nitrogen and oxygen atoms in total. The number of non-ortho nitro benzene ring substituents is 1. The largest absolute Gasteiger partial charge is 0.329 e.